The molecular formula is C24H29FN4O5. The van der Waals surface area contributed by atoms with Crippen LogP contribution in [0.2, 0.25) is 0 Å². The summed E-state index contributed by atoms with van der Waals surface area (Å²) in [5.74, 6) is -1.45. The Labute approximate surface area is 197 Å². The summed E-state index contributed by atoms with van der Waals surface area (Å²) in [5, 5.41) is 5.46. The highest BCUT2D eigenvalue weighted by Crippen LogP contribution is 2.34. The van der Waals surface area contributed by atoms with Crippen LogP contribution in [0.1, 0.15) is 32.9 Å². The molecule has 1 aromatic carbocycles. The average molecular weight is 473 g/mol. The number of hydrogen-bond donors (Lipinski definition) is 3. The van der Waals surface area contributed by atoms with Gasteiger partial charge in [0.1, 0.15) is 5.82 Å². The fourth-order valence-electron chi connectivity index (χ4n) is 3.84. The van der Waals surface area contributed by atoms with Crippen molar-refractivity contribution in [2.45, 2.75) is 20.0 Å². The van der Waals surface area contributed by atoms with Crippen molar-refractivity contribution in [2.24, 2.45) is 0 Å². The summed E-state index contributed by atoms with van der Waals surface area (Å²) in [6, 6.07) is 4.08. The van der Waals surface area contributed by atoms with Gasteiger partial charge in [-0.25, -0.2) is 4.39 Å². The largest absolute Gasteiger partial charge is 0.383 e. The minimum absolute atomic E-state index is 0.0129. The second-order valence-corrected chi connectivity index (χ2v) is 8.05. The SMILES string of the molecule is COCCN(C)C(=O)C(CNC(=O)c1c(C)[nH]c(/C=C2\C(=O)Nc3ccc(F)cc32)c1C)OC. The molecule has 0 spiro atoms. The number of aromatic amines is 1. The van der Waals surface area contributed by atoms with Crippen molar-refractivity contribution in [3.63, 3.8) is 0 Å². The Morgan fingerprint density at radius 1 is 1.26 bits per heavy atom. The molecule has 34 heavy (non-hydrogen) atoms. The molecule has 10 heteroatoms. The van der Waals surface area contributed by atoms with Crippen molar-refractivity contribution < 1.29 is 28.2 Å². The van der Waals surface area contributed by atoms with E-state index in [1.165, 1.54) is 30.2 Å². The summed E-state index contributed by atoms with van der Waals surface area (Å²) in [7, 11) is 4.59. The van der Waals surface area contributed by atoms with E-state index in [2.05, 4.69) is 15.6 Å². The number of carbonyl (C=O) groups is 3. The summed E-state index contributed by atoms with van der Waals surface area (Å²) in [6.07, 6.45) is 0.756. The molecule has 1 aromatic heterocycles. The highest BCUT2D eigenvalue weighted by atomic mass is 19.1. The number of amides is 3. The van der Waals surface area contributed by atoms with Gasteiger partial charge in [0.2, 0.25) is 0 Å². The molecule has 1 aliphatic heterocycles. The molecule has 1 aliphatic rings. The molecule has 0 fully saturated rings. The van der Waals surface area contributed by atoms with Gasteiger partial charge in [-0.3, -0.25) is 14.4 Å². The number of likely N-dealkylation sites (N-methyl/N-ethyl adjacent to an activating group) is 1. The lowest BCUT2D eigenvalue weighted by molar-refractivity contribution is -0.140. The van der Waals surface area contributed by atoms with Crippen molar-refractivity contribution in [3.05, 3.63) is 52.1 Å². The van der Waals surface area contributed by atoms with E-state index < -0.39 is 11.9 Å². The van der Waals surface area contributed by atoms with Gasteiger partial charge in [-0.05, 0) is 43.7 Å². The van der Waals surface area contributed by atoms with Crippen LogP contribution in [0.4, 0.5) is 10.1 Å². The number of fused-ring (bicyclic) bond motifs is 1. The van der Waals surface area contributed by atoms with Gasteiger partial charge < -0.3 is 30.0 Å². The summed E-state index contributed by atoms with van der Waals surface area (Å²) >= 11 is 0. The maximum Gasteiger partial charge on any atom is 0.256 e. The number of nitrogens with zero attached hydrogens (tertiary/aromatic N) is 1. The highest BCUT2D eigenvalue weighted by molar-refractivity contribution is 6.34. The molecule has 1 atom stereocenters. The Hall–Kier alpha value is -3.50. The first-order chi connectivity index (χ1) is 16.2. The lowest BCUT2D eigenvalue weighted by Gasteiger charge is -2.23. The van der Waals surface area contributed by atoms with Crippen LogP contribution in [0, 0.1) is 19.7 Å². The minimum atomic E-state index is -0.847. The number of aryl methyl sites for hydroxylation is 1. The first-order valence-corrected chi connectivity index (χ1v) is 10.7. The van der Waals surface area contributed by atoms with E-state index in [1.807, 2.05) is 0 Å². The number of benzene rings is 1. The number of H-pyrrole nitrogens is 1. The van der Waals surface area contributed by atoms with Crippen molar-refractivity contribution >= 4 is 35.1 Å². The molecule has 3 N–H and O–H groups in total. The van der Waals surface area contributed by atoms with Gasteiger partial charge in [-0.1, -0.05) is 0 Å². The van der Waals surface area contributed by atoms with Crippen LogP contribution in [-0.4, -0.2) is 74.7 Å². The van der Waals surface area contributed by atoms with E-state index in [0.717, 1.165) is 0 Å². The third kappa shape index (κ3) is 5.18. The van der Waals surface area contributed by atoms with Gasteiger partial charge in [0.15, 0.2) is 6.10 Å². The van der Waals surface area contributed by atoms with Crippen LogP contribution in [0.25, 0.3) is 11.6 Å². The monoisotopic (exact) mass is 472 g/mol. The molecule has 3 rings (SSSR count). The van der Waals surface area contributed by atoms with Crippen LogP contribution in [-0.2, 0) is 19.1 Å². The van der Waals surface area contributed by atoms with E-state index in [1.54, 1.807) is 34.1 Å². The minimum Gasteiger partial charge on any atom is -0.383 e. The molecule has 0 radical (unpaired) electrons. The maximum absolute atomic E-state index is 13.7. The maximum atomic E-state index is 13.7. The Morgan fingerprint density at radius 3 is 2.68 bits per heavy atom. The number of aromatic nitrogens is 1. The molecule has 0 saturated heterocycles. The fraction of sp³-hybridized carbons (Fsp3) is 0.375. The van der Waals surface area contributed by atoms with E-state index in [0.29, 0.717) is 52.5 Å². The lowest BCUT2D eigenvalue weighted by Crippen LogP contribution is -2.45. The Kier molecular flexibility index (Phi) is 7.85. The number of hydrogen-bond acceptors (Lipinski definition) is 5. The number of halogens is 1. The molecular weight excluding hydrogens is 443 g/mol. The van der Waals surface area contributed by atoms with Gasteiger partial charge in [0.25, 0.3) is 17.7 Å². The zero-order chi connectivity index (χ0) is 25.0. The smallest absolute Gasteiger partial charge is 0.256 e. The number of carbonyl (C=O) groups excluding carboxylic acids is 3. The quantitative estimate of drug-likeness (QED) is 0.484. The fourth-order valence-corrected chi connectivity index (χ4v) is 3.84. The molecule has 0 bridgehead atoms. The van der Waals surface area contributed by atoms with Crippen molar-refractivity contribution in [1.29, 1.82) is 0 Å². The van der Waals surface area contributed by atoms with Crippen LogP contribution >= 0.6 is 0 Å². The van der Waals surface area contributed by atoms with E-state index >= 15 is 0 Å². The van der Waals surface area contributed by atoms with Crippen LogP contribution in [0.5, 0.6) is 0 Å². The van der Waals surface area contributed by atoms with Gasteiger partial charge in [0, 0.05) is 50.5 Å². The first-order valence-electron chi connectivity index (χ1n) is 10.7. The van der Waals surface area contributed by atoms with Gasteiger partial charge in [-0.15, -0.1) is 0 Å². The Morgan fingerprint density at radius 2 is 2.00 bits per heavy atom. The standard InChI is InChI=1S/C24H29FN4O5/c1-13-19(11-17-16-10-15(25)6-7-18(16)28-22(17)30)27-14(2)21(13)23(31)26-12-20(34-5)24(32)29(3)8-9-33-4/h6-7,10-11,20,27H,8-9,12H2,1-5H3,(H,26,31)(H,28,30)/b17-11-. The number of rotatable bonds is 9. The third-order valence-electron chi connectivity index (χ3n) is 5.77. The molecule has 1 unspecified atom stereocenters. The number of nitrogens with one attached hydrogen (secondary N) is 3. The molecule has 0 saturated carbocycles. The summed E-state index contributed by atoms with van der Waals surface area (Å²) in [4.78, 5) is 42.5. The molecule has 9 nitrogen and oxygen atoms in total. The van der Waals surface area contributed by atoms with Crippen LogP contribution in [0.3, 0.4) is 0 Å². The third-order valence-corrected chi connectivity index (χ3v) is 5.77. The zero-order valence-corrected chi connectivity index (χ0v) is 19.9. The lowest BCUT2D eigenvalue weighted by atomic mass is 10.0. The highest BCUT2D eigenvalue weighted by Gasteiger charge is 2.27. The number of methoxy groups -OCH3 is 2. The number of ether oxygens (including phenoxy) is 2. The van der Waals surface area contributed by atoms with E-state index in [-0.39, 0.29) is 24.3 Å². The summed E-state index contributed by atoms with van der Waals surface area (Å²) < 4.78 is 24.0. The molecule has 182 valence electrons. The molecule has 0 aliphatic carbocycles. The summed E-state index contributed by atoms with van der Waals surface area (Å²) in [5.41, 5.74) is 3.47. The normalized spacial score (nSPS) is 14.6. The van der Waals surface area contributed by atoms with Gasteiger partial charge >= 0.3 is 0 Å². The predicted molar refractivity (Wildman–Crippen MR) is 126 cm³/mol. The second-order valence-electron chi connectivity index (χ2n) is 8.05. The Bertz CT molecular complexity index is 1140. The zero-order valence-electron chi connectivity index (χ0n) is 19.9. The first kappa shape index (κ1) is 25.1. The van der Waals surface area contributed by atoms with E-state index in [4.69, 9.17) is 9.47 Å². The van der Waals surface area contributed by atoms with Gasteiger partial charge in [-0.2, -0.15) is 0 Å². The van der Waals surface area contributed by atoms with Crippen molar-refractivity contribution in [2.75, 3.05) is 46.3 Å². The predicted octanol–water partition coefficient (Wildman–Crippen LogP) is 2.11. The van der Waals surface area contributed by atoms with Gasteiger partial charge in [0.05, 0.1) is 24.3 Å². The number of anilines is 1. The van der Waals surface area contributed by atoms with Crippen molar-refractivity contribution in [1.82, 2.24) is 15.2 Å². The molecule has 2 heterocycles. The topological polar surface area (TPSA) is 113 Å². The molecule has 3 amide bonds. The summed E-state index contributed by atoms with van der Waals surface area (Å²) in [6.45, 7) is 4.27. The Balaban J connectivity index is 1.77. The second kappa shape index (κ2) is 10.6. The van der Waals surface area contributed by atoms with Crippen LogP contribution in [0.15, 0.2) is 18.2 Å². The molecule has 2 aromatic rings. The van der Waals surface area contributed by atoms with E-state index in [9.17, 15) is 18.8 Å². The van der Waals surface area contributed by atoms with Crippen LogP contribution < -0.4 is 10.6 Å². The average Bonchev–Trinajstić information content (AvgIpc) is 3.26. The van der Waals surface area contributed by atoms with Crippen molar-refractivity contribution in [3.8, 4) is 0 Å².